The van der Waals surface area contributed by atoms with Gasteiger partial charge in [-0.15, -0.1) is 0 Å². The number of benzene rings is 1. The fourth-order valence-corrected chi connectivity index (χ4v) is 2.79. The van der Waals surface area contributed by atoms with E-state index in [1.165, 1.54) is 19.3 Å². The summed E-state index contributed by atoms with van der Waals surface area (Å²) in [7, 11) is 1.84. The van der Waals surface area contributed by atoms with E-state index in [1.807, 2.05) is 38.2 Å². The van der Waals surface area contributed by atoms with Gasteiger partial charge < -0.3 is 10.2 Å². The number of nitrogens with zero attached hydrogens (tertiary/aromatic N) is 1. The predicted molar refractivity (Wildman–Crippen MR) is 83.0 cm³/mol. The van der Waals surface area contributed by atoms with Crippen LogP contribution in [0, 0.1) is 0 Å². The standard InChI is InChI=1S/C16H23ClN2O/c1-12(13-8-10-14(17)11-9-13)19(2)16(20)18-15-6-4-3-5-7-15/h8-12,15H,3-7H2,1-2H3,(H,18,20). The summed E-state index contributed by atoms with van der Waals surface area (Å²) in [5, 5.41) is 3.86. The molecule has 2 rings (SSSR count). The van der Waals surface area contributed by atoms with Crippen LogP contribution in [0.4, 0.5) is 4.79 Å². The van der Waals surface area contributed by atoms with E-state index in [0.29, 0.717) is 6.04 Å². The summed E-state index contributed by atoms with van der Waals surface area (Å²) in [6.07, 6.45) is 5.95. The Morgan fingerprint density at radius 1 is 1.25 bits per heavy atom. The third kappa shape index (κ3) is 3.89. The Morgan fingerprint density at radius 2 is 1.85 bits per heavy atom. The Kier molecular flexibility index (Phi) is 5.30. The van der Waals surface area contributed by atoms with Crippen LogP contribution in [0.2, 0.25) is 5.02 Å². The lowest BCUT2D eigenvalue weighted by Gasteiger charge is -2.29. The molecule has 0 aromatic heterocycles. The highest BCUT2D eigenvalue weighted by Gasteiger charge is 2.21. The summed E-state index contributed by atoms with van der Waals surface area (Å²) in [5.41, 5.74) is 1.09. The maximum absolute atomic E-state index is 12.3. The van der Waals surface area contributed by atoms with Crippen molar-refractivity contribution in [2.45, 2.75) is 51.1 Å². The molecule has 1 N–H and O–H groups in total. The first kappa shape index (κ1) is 15.2. The molecule has 20 heavy (non-hydrogen) atoms. The molecule has 1 aliphatic carbocycles. The number of halogens is 1. The summed E-state index contributed by atoms with van der Waals surface area (Å²) in [6.45, 7) is 2.03. The number of carbonyl (C=O) groups is 1. The lowest BCUT2D eigenvalue weighted by molar-refractivity contribution is 0.186. The average Bonchev–Trinajstić information content (AvgIpc) is 2.47. The van der Waals surface area contributed by atoms with Gasteiger partial charge in [0.2, 0.25) is 0 Å². The van der Waals surface area contributed by atoms with Crippen LogP contribution in [0.25, 0.3) is 0 Å². The summed E-state index contributed by atoms with van der Waals surface area (Å²) < 4.78 is 0. The largest absolute Gasteiger partial charge is 0.335 e. The van der Waals surface area contributed by atoms with Crippen LogP contribution in [-0.2, 0) is 0 Å². The number of amides is 2. The Balaban J connectivity index is 1.93. The third-order valence-electron chi connectivity index (χ3n) is 4.19. The summed E-state index contributed by atoms with van der Waals surface area (Å²) in [6, 6.07) is 8.06. The molecule has 1 fully saturated rings. The number of hydrogen-bond donors (Lipinski definition) is 1. The maximum atomic E-state index is 12.3. The molecule has 3 nitrogen and oxygen atoms in total. The number of rotatable bonds is 3. The lowest BCUT2D eigenvalue weighted by Crippen LogP contribution is -2.44. The second-order valence-electron chi connectivity index (χ2n) is 5.62. The summed E-state index contributed by atoms with van der Waals surface area (Å²) >= 11 is 5.89. The molecule has 0 bridgehead atoms. The summed E-state index contributed by atoms with van der Waals surface area (Å²) in [4.78, 5) is 14.0. The molecule has 1 aromatic rings. The van der Waals surface area contributed by atoms with E-state index < -0.39 is 0 Å². The number of carbonyl (C=O) groups excluding carboxylic acids is 1. The first-order chi connectivity index (χ1) is 9.58. The highest BCUT2D eigenvalue weighted by molar-refractivity contribution is 6.30. The predicted octanol–water partition coefficient (Wildman–Crippen LogP) is 4.38. The van der Waals surface area contributed by atoms with Crippen LogP contribution in [0.5, 0.6) is 0 Å². The number of hydrogen-bond acceptors (Lipinski definition) is 1. The van der Waals surface area contributed by atoms with Crippen molar-refractivity contribution in [1.29, 1.82) is 0 Å². The topological polar surface area (TPSA) is 32.3 Å². The molecule has 0 aliphatic heterocycles. The van der Waals surface area contributed by atoms with E-state index in [0.717, 1.165) is 23.4 Å². The van der Waals surface area contributed by atoms with Crippen LogP contribution >= 0.6 is 11.6 Å². The highest BCUT2D eigenvalue weighted by atomic mass is 35.5. The van der Waals surface area contributed by atoms with Crippen LogP contribution in [0.3, 0.4) is 0 Å². The van der Waals surface area contributed by atoms with Gasteiger partial charge in [-0.3, -0.25) is 0 Å². The molecule has 0 radical (unpaired) electrons. The second-order valence-corrected chi connectivity index (χ2v) is 6.06. The van der Waals surface area contributed by atoms with E-state index in [-0.39, 0.29) is 12.1 Å². The Morgan fingerprint density at radius 3 is 2.45 bits per heavy atom. The molecular weight excluding hydrogens is 272 g/mol. The fourth-order valence-electron chi connectivity index (χ4n) is 2.66. The van der Waals surface area contributed by atoms with Gasteiger partial charge in [-0.1, -0.05) is 43.0 Å². The zero-order valence-corrected chi connectivity index (χ0v) is 13.0. The normalized spacial score (nSPS) is 17.6. The molecule has 4 heteroatoms. The lowest BCUT2D eigenvalue weighted by atomic mass is 9.96. The zero-order chi connectivity index (χ0) is 14.5. The molecule has 110 valence electrons. The molecule has 1 aliphatic rings. The van der Waals surface area contributed by atoms with Gasteiger partial charge in [-0.25, -0.2) is 4.79 Å². The maximum Gasteiger partial charge on any atom is 0.317 e. The van der Waals surface area contributed by atoms with Gasteiger partial charge in [0.15, 0.2) is 0 Å². The molecule has 1 unspecified atom stereocenters. The molecule has 1 atom stereocenters. The first-order valence-electron chi connectivity index (χ1n) is 7.36. The Labute approximate surface area is 126 Å². The number of urea groups is 1. The Hall–Kier alpha value is -1.22. The second kappa shape index (κ2) is 6.98. The van der Waals surface area contributed by atoms with E-state index in [9.17, 15) is 4.79 Å². The molecule has 2 amide bonds. The van der Waals surface area contributed by atoms with Crippen molar-refractivity contribution >= 4 is 17.6 Å². The van der Waals surface area contributed by atoms with Crippen molar-refractivity contribution in [3.8, 4) is 0 Å². The van der Waals surface area contributed by atoms with Gasteiger partial charge in [0.25, 0.3) is 0 Å². The van der Waals surface area contributed by atoms with Crippen molar-refractivity contribution in [2.24, 2.45) is 0 Å². The van der Waals surface area contributed by atoms with Crippen LogP contribution in [0.15, 0.2) is 24.3 Å². The molecule has 0 saturated heterocycles. The van der Waals surface area contributed by atoms with Crippen molar-refractivity contribution in [1.82, 2.24) is 10.2 Å². The van der Waals surface area contributed by atoms with E-state index >= 15 is 0 Å². The minimum Gasteiger partial charge on any atom is -0.335 e. The van der Waals surface area contributed by atoms with Crippen LogP contribution < -0.4 is 5.32 Å². The van der Waals surface area contributed by atoms with Crippen LogP contribution in [0.1, 0.15) is 50.6 Å². The molecule has 1 aromatic carbocycles. The minimum absolute atomic E-state index is 0.0133. The molecule has 0 spiro atoms. The van der Waals surface area contributed by atoms with Gasteiger partial charge in [0.05, 0.1) is 6.04 Å². The number of nitrogens with one attached hydrogen (secondary N) is 1. The van der Waals surface area contributed by atoms with E-state index in [1.54, 1.807) is 4.90 Å². The molecule has 1 saturated carbocycles. The SMILES string of the molecule is CC(c1ccc(Cl)cc1)N(C)C(=O)NC1CCCCC1. The summed E-state index contributed by atoms with van der Waals surface area (Å²) in [5.74, 6) is 0. The van der Waals surface area contributed by atoms with Gasteiger partial charge in [0.1, 0.15) is 0 Å². The van der Waals surface area contributed by atoms with Gasteiger partial charge in [0, 0.05) is 18.1 Å². The Bertz CT molecular complexity index is 440. The van der Waals surface area contributed by atoms with Gasteiger partial charge in [-0.05, 0) is 37.5 Å². The minimum atomic E-state index is 0.0133. The third-order valence-corrected chi connectivity index (χ3v) is 4.44. The average molecular weight is 295 g/mol. The first-order valence-corrected chi connectivity index (χ1v) is 7.74. The quantitative estimate of drug-likeness (QED) is 0.882. The van der Waals surface area contributed by atoms with Crippen molar-refractivity contribution in [2.75, 3.05) is 7.05 Å². The van der Waals surface area contributed by atoms with Crippen molar-refractivity contribution in [3.63, 3.8) is 0 Å². The fraction of sp³-hybridized carbons (Fsp3) is 0.562. The molecular formula is C16H23ClN2O. The van der Waals surface area contributed by atoms with Crippen LogP contribution in [-0.4, -0.2) is 24.0 Å². The van der Waals surface area contributed by atoms with Crippen molar-refractivity contribution in [3.05, 3.63) is 34.9 Å². The zero-order valence-electron chi connectivity index (χ0n) is 12.2. The van der Waals surface area contributed by atoms with Gasteiger partial charge >= 0.3 is 6.03 Å². The van der Waals surface area contributed by atoms with E-state index in [2.05, 4.69) is 5.32 Å². The van der Waals surface area contributed by atoms with Crippen molar-refractivity contribution < 1.29 is 4.79 Å². The monoisotopic (exact) mass is 294 g/mol. The van der Waals surface area contributed by atoms with Gasteiger partial charge in [-0.2, -0.15) is 0 Å². The molecule has 0 heterocycles. The van der Waals surface area contributed by atoms with E-state index in [4.69, 9.17) is 11.6 Å². The smallest absolute Gasteiger partial charge is 0.317 e. The highest BCUT2D eigenvalue weighted by Crippen LogP contribution is 2.22.